The molecule has 1 nitrogen and oxygen atoms in total. The molecule has 2 aromatic rings. The summed E-state index contributed by atoms with van der Waals surface area (Å²) < 4.78 is 0. The first kappa shape index (κ1) is 12.4. The molecule has 2 rings (SSSR count). The van der Waals surface area contributed by atoms with Crippen LogP contribution in [0.25, 0.3) is 6.08 Å². The maximum atomic E-state index is 11.9. The molecule has 0 atom stereocenters. The molecular weight excluding hydrogens is 275 g/mol. The summed E-state index contributed by atoms with van der Waals surface area (Å²) in [6, 6.07) is 8.72. The number of hydrogen-bond acceptors (Lipinski definition) is 2. The topological polar surface area (TPSA) is 17.1 Å². The van der Waals surface area contributed by atoms with Gasteiger partial charge in [0.2, 0.25) is 0 Å². The third-order valence-electron chi connectivity index (χ3n) is 2.14. The molecule has 1 aromatic heterocycles. The number of carbonyl (C=O) groups excluding carboxylic acids is 1. The van der Waals surface area contributed by atoms with Crippen LogP contribution in [0.15, 0.2) is 41.8 Å². The quantitative estimate of drug-likeness (QED) is 0.575. The van der Waals surface area contributed by atoms with Gasteiger partial charge >= 0.3 is 0 Å². The first-order valence-electron chi connectivity index (χ1n) is 4.88. The van der Waals surface area contributed by atoms with Gasteiger partial charge in [-0.2, -0.15) is 0 Å². The molecule has 0 fully saturated rings. The van der Waals surface area contributed by atoms with E-state index in [4.69, 9.17) is 23.2 Å². The van der Waals surface area contributed by atoms with Gasteiger partial charge < -0.3 is 0 Å². The molecule has 1 heterocycles. The highest BCUT2D eigenvalue weighted by molar-refractivity contribution is 7.10. The Morgan fingerprint density at radius 1 is 1.24 bits per heavy atom. The van der Waals surface area contributed by atoms with E-state index in [0.717, 1.165) is 4.88 Å². The van der Waals surface area contributed by atoms with Crippen LogP contribution < -0.4 is 0 Å². The lowest BCUT2D eigenvalue weighted by molar-refractivity contribution is 0.104. The van der Waals surface area contributed by atoms with Crippen LogP contribution in [0.4, 0.5) is 0 Å². The number of benzene rings is 1. The zero-order valence-electron chi connectivity index (χ0n) is 8.69. The summed E-state index contributed by atoms with van der Waals surface area (Å²) in [5.41, 5.74) is 0.462. The summed E-state index contributed by atoms with van der Waals surface area (Å²) in [5, 5.41) is 2.85. The Labute approximate surface area is 113 Å². The van der Waals surface area contributed by atoms with Gasteiger partial charge in [0.25, 0.3) is 0 Å². The third-order valence-corrected chi connectivity index (χ3v) is 3.52. The molecule has 0 radical (unpaired) electrons. The van der Waals surface area contributed by atoms with Gasteiger partial charge in [-0.3, -0.25) is 4.79 Å². The molecule has 4 heteroatoms. The van der Waals surface area contributed by atoms with Crippen molar-refractivity contribution in [2.45, 2.75) is 0 Å². The van der Waals surface area contributed by atoms with Crippen molar-refractivity contribution >= 4 is 46.4 Å². The van der Waals surface area contributed by atoms with E-state index >= 15 is 0 Å². The maximum absolute atomic E-state index is 11.9. The molecule has 0 bridgehead atoms. The van der Waals surface area contributed by atoms with E-state index in [2.05, 4.69) is 0 Å². The van der Waals surface area contributed by atoms with Crippen molar-refractivity contribution in [3.05, 3.63) is 62.3 Å². The highest BCUT2D eigenvalue weighted by Gasteiger charge is 2.07. The fraction of sp³-hybridized carbons (Fsp3) is 0. The lowest BCUT2D eigenvalue weighted by atomic mass is 10.1. The van der Waals surface area contributed by atoms with E-state index in [1.807, 2.05) is 17.5 Å². The van der Waals surface area contributed by atoms with Crippen LogP contribution in [-0.4, -0.2) is 5.78 Å². The second kappa shape index (κ2) is 5.50. The molecule has 0 spiro atoms. The highest BCUT2D eigenvalue weighted by atomic mass is 35.5. The van der Waals surface area contributed by atoms with Crippen LogP contribution in [0.5, 0.6) is 0 Å². The van der Waals surface area contributed by atoms with Crippen molar-refractivity contribution in [3.8, 4) is 0 Å². The Balaban J connectivity index is 2.20. The van der Waals surface area contributed by atoms with Gasteiger partial charge in [-0.15, -0.1) is 11.3 Å². The SMILES string of the molecule is O=C(/C=C\c1cccs1)c1ccc(Cl)cc1Cl. The molecule has 86 valence electrons. The molecule has 0 N–H and O–H groups in total. The van der Waals surface area contributed by atoms with Crippen LogP contribution in [0, 0.1) is 0 Å². The summed E-state index contributed by atoms with van der Waals surface area (Å²) in [7, 11) is 0. The Hall–Kier alpha value is -1.09. The Morgan fingerprint density at radius 2 is 2.06 bits per heavy atom. The minimum atomic E-state index is -0.125. The predicted molar refractivity (Wildman–Crippen MR) is 74.1 cm³/mol. The van der Waals surface area contributed by atoms with Crippen LogP contribution in [0.1, 0.15) is 15.2 Å². The van der Waals surface area contributed by atoms with Gasteiger partial charge in [0.05, 0.1) is 5.02 Å². The van der Waals surface area contributed by atoms with Crippen LogP contribution in [0.3, 0.4) is 0 Å². The van der Waals surface area contributed by atoms with Crippen molar-refractivity contribution in [2.24, 2.45) is 0 Å². The van der Waals surface area contributed by atoms with E-state index in [-0.39, 0.29) is 5.78 Å². The molecular formula is C13H8Cl2OS. The predicted octanol–water partition coefficient (Wildman–Crippen LogP) is 4.95. The van der Waals surface area contributed by atoms with Gasteiger partial charge in [-0.05, 0) is 41.8 Å². The number of allylic oxidation sites excluding steroid dienone is 1. The van der Waals surface area contributed by atoms with Crippen molar-refractivity contribution in [1.29, 1.82) is 0 Å². The number of hydrogen-bond donors (Lipinski definition) is 0. The monoisotopic (exact) mass is 282 g/mol. The second-order valence-electron chi connectivity index (χ2n) is 3.34. The number of ketones is 1. The summed E-state index contributed by atoms with van der Waals surface area (Å²) in [5.74, 6) is -0.125. The van der Waals surface area contributed by atoms with Crippen molar-refractivity contribution in [2.75, 3.05) is 0 Å². The van der Waals surface area contributed by atoms with Gasteiger partial charge in [-0.25, -0.2) is 0 Å². The minimum Gasteiger partial charge on any atom is -0.289 e. The van der Waals surface area contributed by atoms with Gasteiger partial charge in [0.15, 0.2) is 5.78 Å². The van der Waals surface area contributed by atoms with E-state index in [1.54, 1.807) is 35.6 Å². The zero-order valence-corrected chi connectivity index (χ0v) is 11.0. The number of halogens is 2. The summed E-state index contributed by atoms with van der Waals surface area (Å²) in [6.07, 6.45) is 3.29. The molecule has 0 saturated carbocycles. The molecule has 0 aliphatic heterocycles. The molecule has 0 amide bonds. The maximum Gasteiger partial charge on any atom is 0.187 e. The normalized spacial score (nSPS) is 10.9. The number of carbonyl (C=O) groups is 1. The molecule has 0 aliphatic carbocycles. The minimum absolute atomic E-state index is 0.125. The summed E-state index contributed by atoms with van der Waals surface area (Å²) >= 11 is 13.3. The Morgan fingerprint density at radius 3 is 2.71 bits per heavy atom. The fourth-order valence-corrected chi connectivity index (χ4v) is 2.44. The lowest BCUT2D eigenvalue weighted by Crippen LogP contribution is -1.94. The third kappa shape index (κ3) is 3.19. The average Bonchev–Trinajstić information content (AvgIpc) is 2.78. The second-order valence-corrected chi connectivity index (χ2v) is 5.16. The van der Waals surface area contributed by atoms with E-state index in [1.165, 1.54) is 6.08 Å². The summed E-state index contributed by atoms with van der Waals surface area (Å²) in [6.45, 7) is 0. The van der Waals surface area contributed by atoms with Crippen LogP contribution in [0.2, 0.25) is 10.0 Å². The molecule has 0 saturated heterocycles. The molecule has 1 aromatic carbocycles. The van der Waals surface area contributed by atoms with Crippen molar-refractivity contribution in [3.63, 3.8) is 0 Å². The van der Waals surface area contributed by atoms with E-state index in [9.17, 15) is 4.79 Å². The molecule has 0 aliphatic rings. The van der Waals surface area contributed by atoms with Gasteiger partial charge in [0, 0.05) is 15.5 Å². The highest BCUT2D eigenvalue weighted by Crippen LogP contribution is 2.22. The first-order valence-corrected chi connectivity index (χ1v) is 6.51. The van der Waals surface area contributed by atoms with Crippen molar-refractivity contribution < 1.29 is 4.79 Å². The number of thiophene rings is 1. The first-order chi connectivity index (χ1) is 8.16. The van der Waals surface area contributed by atoms with Crippen LogP contribution >= 0.6 is 34.5 Å². The van der Waals surface area contributed by atoms with Crippen LogP contribution in [-0.2, 0) is 0 Å². The molecule has 17 heavy (non-hydrogen) atoms. The van der Waals surface area contributed by atoms with E-state index < -0.39 is 0 Å². The Bertz CT molecular complexity index is 559. The average molecular weight is 283 g/mol. The van der Waals surface area contributed by atoms with E-state index in [0.29, 0.717) is 15.6 Å². The number of rotatable bonds is 3. The van der Waals surface area contributed by atoms with Crippen molar-refractivity contribution in [1.82, 2.24) is 0 Å². The molecule has 0 unspecified atom stereocenters. The lowest BCUT2D eigenvalue weighted by Gasteiger charge is -1.99. The Kier molecular flexibility index (Phi) is 4.00. The van der Waals surface area contributed by atoms with Gasteiger partial charge in [0.1, 0.15) is 0 Å². The smallest absolute Gasteiger partial charge is 0.187 e. The fourth-order valence-electron chi connectivity index (χ4n) is 1.32. The standard InChI is InChI=1S/C13H8Cl2OS/c14-9-3-5-11(12(15)8-9)13(16)6-4-10-2-1-7-17-10/h1-8H/b6-4-. The summed E-state index contributed by atoms with van der Waals surface area (Å²) in [4.78, 5) is 12.9. The van der Waals surface area contributed by atoms with Gasteiger partial charge in [-0.1, -0.05) is 29.3 Å². The zero-order chi connectivity index (χ0) is 12.3. The largest absolute Gasteiger partial charge is 0.289 e.